The van der Waals surface area contributed by atoms with Crippen molar-refractivity contribution < 1.29 is 15.0 Å². The summed E-state index contributed by atoms with van der Waals surface area (Å²) in [5.74, 6) is -0.802. The maximum absolute atomic E-state index is 11.1. The van der Waals surface area contributed by atoms with Gasteiger partial charge in [0, 0.05) is 17.1 Å². The highest BCUT2D eigenvalue weighted by atomic mass is 35.5. The number of carboxylic acids is 1. The van der Waals surface area contributed by atoms with Crippen LogP contribution < -0.4 is 0 Å². The van der Waals surface area contributed by atoms with E-state index in [1.54, 1.807) is 37.9 Å². The molecule has 1 aromatic carbocycles. The summed E-state index contributed by atoms with van der Waals surface area (Å²) in [5, 5.41) is 19.3. The van der Waals surface area contributed by atoms with Crippen LogP contribution >= 0.6 is 11.6 Å². The van der Waals surface area contributed by atoms with Crippen LogP contribution in [0.3, 0.4) is 0 Å². The Morgan fingerprint density at radius 1 is 1.47 bits per heavy atom. The van der Waals surface area contributed by atoms with Crippen LogP contribution in [0, 0.1) is 0 Å². The maximum Gasteiger partial charge on any atom is 0.323 e. The number of hydrogen-bond acceptors (Lipinski definition) is 3. The van der Waals surface area contributed by atoms with Gasteiger partial charge in [0.2, 0.25) is 0 Å². The average molecular weight is 258 g/mol. The first-order chi connectivity index (χ1) is 7.75. The lowest BCUT2D eigenvalue weighted by atomic mass is 10.0. The molecule has 0 aliphatic rings. The first-order valence-electron chi connectivity index (χ1n) is 5.17. The maximum atomic E-state index is 11.1. The second-order valence-corrected chi connectivity index (χ2v) is 4.93. The fraction of sp³-hybridized carbons (Fsp3) is 0.417. The van der Waals surface area contributed by atoms with Gasteiger partial charge < -0.3 is 10.2 Å². The van der Waals surface area contributed by atoms with E-state index in [4.69, 9.17) is 16.7 Å². The summed E-state index contributed by atoms with van der Waals surface area (Å²) in [4.78, 5) is 12.7. The third-order valence-corrected chi connectivity index (χ3v) is 3.16. The molecule has 5 heteroatoms. The molecule has 17 heavy (non-hydrogen) atoms. The summed E-state index contributed by atoms with van der Waals surface area (Å²) in [6.45, 7) is 3.53. The molecule has 1 rings (SSSR count). The average Bonchev–Trinajstić information content (AvgIpc) is 2.23. The molecule has 0 saturated heterocycles. The number of aromatic hydroxyl groups is 1. The second kappa shape index (κ2) is 4.94. The van der Waals surface area contributed by atoms with Crippen molar-refractivity contribution in [1.29, 1.82) is 0 Å². The van der Waals surface area contributed by atoms with Crippen LogP contribution in [0.5, 0.6) is 5.75 Å². The van der Waals surface area contributed by atoms with Crippen molar-refractivity contribution in [2.45, 2.75) is 25.9 Å². The Labute approximate surface area is 105 Å². The number of phenolic OH excluding ortho intramolecular Hbond substituents is 1. The molecule has 0 fully saturated rings. The van der Waals surface area contributed by atoms with Crippen molar-refractivity contribution in [3.05, 3.63) is 28.8 Å². The minimum Gasteiger partial charge on any atom is -0.508 e. The van der Waals surface area contributed by atoms with Gasteiger partial charge in [0.25, 0.3) is 0 Å². The van der Waals surface area contributed by atoms with E-state index in [-0.39, 0.29) is 5.75 Å². The minimum atomic E-state index is -1.01. The molecule has 0 spiro atoms. The Balaban J connectivity index is 2.91. The highest BCUT2D eigenvalue weighted by Crippen LogP contribution is 2.25. The van der Waals surface area contributed by atoms with E-state index in [0.29, 0.717) is 17.1 Å². The third-order valence-electron chi connectivity index (χ3n) is 2.93. The third kappa shape index (κ3) is 3.11. The molecule has 0 saturated carbocycles. The number of aliphatic carboxylic acids is 1. The highest BCUT2D eigenvalue weighted by Gasteiger charge is 2.32. The standard InChI is InChI=1S/C12H16ClNO3/c1-12(2,11(16)17)14(3)7-8-6-9(13)4-5-10(8)15/h4-6,15H,7H2,1-3H3,(H,16,17). The number of phenols is 1. The lowest BCUT2D eigenvalue weighted by molar-refractivity contribution is -0.148. The zero-order valence-electron chi connectivity index (χ0n) is 10.1. The van der Waals surface area contributed by atoms with Crippen molar-refractivity contribution in [3.63, 3.8) is 0 Å². The Bertz CT molecular complexity index is 432. The molecule has 0 amide bonds. The summed E-state index contributed by atoms with van der Waals surface area (Å²) >= 11 is 5.83. The number of benzene rings is 1. The predicted octanol–water partition coefficient (Wildman–Crippen LogP) is 2.34. The van der Waals surface area contributed by atoms with Gasteiger partial charge in [-0.15, -0.1) is 0 Å². The summed E-state index contributed by atoms with van der Waals surface area (Å²) in [7, 11) is 1.69. The van der Waals surface area contributed by atoms with Crippen LogP contribution in [-0.2, 0) is 11.3 Å². The highest BCUT2D eigenvalue weighted by molar-refractivity contribution is 6.30. The Hall–Kier alpha value is -1.26. The molecule has 0 aliphatic carbocycles. The van der Waals surface area contributed by atoms with Gasteiger partial charge in [0.1, 0.15) is 11.3 Å². The largest absolute Gasteiger partial charge is 0.508 e. The Kier molecular flexibility index (Phi) is 4.01. The van der Waals surface area contributed by atoms with E-state index in [9.17, 15) is 9.90 Å². The fourth-order valence-electron chi connectivity index (χ4n) is 1.30. The summed E-state index contributed by atoms with van der Waals surface area (Å²) in [6, 6.07) is 4.72. The molecular formula is C12H16ClNO3. The molecule has 94 valence electrons. The van der Waals surface area contributed by atoms with Gasteiger partial charge in [0.05, 0.1) is 0 Å². The number of carboxylic acid groups (broad SMARTS) is 1. The number of likely N-dealkylation sites (N-methyl/N-ethyl adjacent to an activating group) is 1. The van der Waals surface area contributed by atoms with Gasteiger partial charge in [-0.3, -0.25) is 9.69 Å². The number of nitrogens with zero attached hydrogens (tertiary/aromatic N) is 1. The van der Waals surface area contributed by atoms with E-state index in [1.807, 2.05) is 0 Å². The van der Waals surface area contributed by atoms with Crippen molar-refractivity contribution in [3.8, 4) is 5.75 Å². The molecule has 4 nitrogen and oxygen atoms in total. The van der Waals surface area contributed by atoms with Crippen LogP contribution in [0.4, 0.5) is 0 Å². The molecule has 0 aliphatic heterocycles. The van der Waals surface area contributed by atoms with E-state index in [0.717, 1.165) is 0 Å². The van der Waals surface area contributed by atoms with E-state index < -0.39 is 11.5 Å². The molecule has 0 radical (unpaired) electrons. The number of hydrogen-bond donors (Lipinski definition) is 2. The van der Waals surface area contributed by atoms with Gasteiger partial charge in [-0.2, -0.15) is 0 Å². The van der Waals surface area contributed by atoms with Gasteiger partial charge in [-0.05, 0) is 39.1 Å². The topological polar surface area (TPSA) is 60.8 Å². The van der Waals surface area contributed by atoms with Crippen LogP contribution in [0.15, 0.2) is 18.2 Å². The smallest absolute Gasteiger partial charge is 0.323 e. The number of carbonyl (C=O) groups is 1. The quantitative estimate of drug-likeness (QED) is 0.869. The number of rotatable bonds is 4. The monoisotopic (exact) mass is 257 g/mol. The van der Waals surface area contributed by atoms with Gasteiger partial charge in [-0.1, -0.05) is 11.6 Å². The van der Waals surface area contributed by atoms with E-state index in [1.165, 1.54) is 6.07 Å². The molecule has 0 atom stereocenters. The Morgan fingerprint density at radius 2 is 2.06 bits per heavy atom. The molecule has 1 aromatic rings. The summed E-state index contributed by atoms with van der Waals surface area (Å²) in [5.41, 5.74) is -0.399. The molecule has 0 heterocycles. The van der Waals surface area contributed by atoms with Gasteiger partial charge in [-0.25, -0.2) is 0 Å². The molecule has 0 unspecified atom stereocenters. The van der Waals surface area contributed by atoms with E-state index >= 15 is 0 Å². The molecule has 2 N–H and O–H groups in total. The summed E-state index contributed by atoms with van der Waals surface area (Å²) < 4.78 is 0. The Morgan fingerprint density at radius 3 is 2.59 bits per heavy atom. The molecular weight excluding hydrogens is 242 g/mol. The van der Waals surface area contributed by atoms with Crippen LogP contribution in [0.1, 0.15) is 19.4 Å². The first-order valence-corrected chi connectivity index (χ1v) is 5.55. The lowest BCUT2D eigenvalue weighted by Crippen LogP contribution is -2.47. The fourth-order valence-corrected chi connectivity index (χ4v) is 1.49. The number of halogens is 1. The van der Waals surface area contributed by atoms with Crippen molar-refractivity contribution in [1.82, 2.24) is 4.90 Å². The zero-order valence-corrected chi connectivity index (χ0v) is 10.8. The van der Waals surface area contributed by atoms with Crippen LogP contribution in [0.25, 0.3) is 0 Å². The normalized spacial score (nSPS) is 11.8. The lowest BCUT2D eigenvalue weighted by Gasteiger charge is -2.31. The van der Waals surface area contributed by atoms with E-state index in [2.05, 4.69) is 0 Å². The van der Waals surface area contributed by atoms with Crippen LogP contribution in [-0.4, -0.2) is 33.7 Å². The van der Waals surface area contributed by atoms with Crippen molar-refractivity contribution in [2.75, 3.05) is 7.05 Å². The van der Waals surface area contributed by atoms with Gasteiger partial charge >= 0.3 is 5.97 Å². The predicted molar refractivity (Wildman–Crippen MR) is 66.3 cm³/mol. The van der Waals surface area contributed by atoms with Crippen molar-refractivity contribution in [2.24, 2.45) is 0 Å². The molecule has 0 bridgehead atoms. The van der Waals surface area contributed by atoms with Crippen molar-refractivity contribution >= 4 is 17.6 Å². The second-order valence-electron chi connectivity index (χ2n) is 4.49. The van der Waals surface area contributed by atoms with Gasteiger partial charge in [0.15, 0.2) is 0 Å². The first kappa shape index (κ1) is 13.8. The SMILES string of the molecule is CN(Cc1cc(Cl)ccc1O)C(C)(C)C(=O)O. The summed E-state index contributed by atoms with van der Waals surface area (Å²) in [6.07, 6.45) is 0. The minimum absolute atomic E-state index is 0.113. The molecule has 0 aromatic heterocycles. The zero-order chi connectivity index (χ0) is 13.2. The van der Waals surface area contributed by atoms with Crippen LogP contribution in [0.2, 0.25) is 5.02 Å².